The molecule has 1 N–H and O–H groups in total. The van der Waals surface area contributed by atoms with Crippen molar-refractivity contribution >= 4 is 0 Å². The number of hydrogen-bond donors (Lipinski definition) is 1. The highest BCUT2D eigenvalue weighted by Crippen LogP contribution is 2.19. The standard InChI is InChI=1S/C9H19NO/c1-7(2)9-4-8(5-10-9)6-11-3/h7-10H,4-6H2,1-3H3. The largest absolute Gasteiger partial charge is 0.384 e. The molecule has 0 saturated carbocycles. The van der Waals surface area contributed by atoms with E-state index in [2.05, 4.69) is 19.2 Å². The van der Waals surface area contributed by atoms with Crippen LogP contribution in [0.25, 0.3) is 0 Å². The van der Waals surface area contributed by atoms with Crippen LogP contribution in [0, 0.1) is 11.8 Å². The van der Waals surface area contributed by atoms with Crippen molar-refractivity contribution in [1.82, 2.24) is 5.32 Å². The molecule has 1 heterocycles. The number of hydrogen-bond acceptors (Lipinski definition) is 2. The molecule has 0 aromatic carbocycles. The fourth-order valence-electron chi connectivity index (χ4n) is 1.71. The Morgan fingerprint density at radius 3 is 2.73 bits per heavy atom. The van der Waals surface area contributed by atoms with E-state index in [0.717, 1.165) is 31.0 Å². The summed E-state index contributed by atoms with van der Waals surface area (Å²) in [7, 11) is 1.78. The Morgan fingerprint density at radius 2 is 2.27 bits per heavy atom. The van der Waals surface area contributed by atoms with Crippen molar-refractivity contribution < 1.29 is 4.74 Å². The van der Waals surface area contributed by atoms with Crippen LogP contribution in [0.1, 0.15) is 20.3 Å². The van der Waals surface area contributed by atoms with E-state index in [1.165, 1.54) is 6.42 Å². The highest BCUT2D eigenvalue weighted by Gasteiger charge is 2.25. The lowest BCUT2D eigenvalue weighted by Gasteiger charge is -2.13. The second-order valence-electron chi connectivity index (χ2n) is 3.82. The van der Waals surface area contributed by atoms with Gasteiger partial charge in [0.15, 0.2) is 0 Å². The molecule has 2 unspecified atom stereocenters. The average molecular weight is 157 g/mol. The van der Waals surface area contributed by atoms with Crippen LogP contribution >= 0.6 is 0 Å². The Bertz CT molecular complexity index is 114. The predicted octanol–water partition coefficient (Wildman–Crippen LogP) is 1.27. The van der Waals surface area contributed by atoms with Crippen LogP contribution in [-0.2, 0) is 4.74 Å². The van der Waals surface area contributed by atoms with Gasteiger partial charge in [0.2, 0.25) is 0 Å². The molecule has 0 aromatic rings. The number of nitrogens with one attached hydrogen (secondary N) is 1. The SMILES string of the molecule is COCC1CNC(C(C)C)C1. The van der Waals surface area contributed by atoms with Crippen molar-refractivity contribution in [3.8, 4) is 0 Å². The predicted molar refractivity (Wildman–Crippen MR) is 46.6 cm³/mol. The summed E-state index contributed by atoms with van der Waals surface area (Å²) in [6.45, 7) is 6.59. The molecule has 0 radical (unpaired) electrons. The second kappa shape index (κ2) is 4.07. The minimum absolute atomic E-state index is 0.718. The molecule has 0 aromatic heterocycles. The van der Waals surface area contributed by atoms with Crippen LogP contribution in [-0.4, -0.2) is 26.3 Å². The van der Waals surface area contributed by atoms with Crippen LogP contribution < -0.4 is 5.32 Å². The second-order valence-corrected chi connectivity index (χ2v) is 3.82. The number of rotatable bonds is 3. The summed E-state index contributed by atoms with van der Waals surface area (Å²) < 4.78 is 5.11. The Balaban J connectivity index is 2.23. The number of methoxy groups -OCH3 is 1. The molecule has 1 saturated heterocycles. The molecular weight excluding hydrogens is 138 g/mol. The highest BCUT2D eigenvalue weighted by atomic mass is 16.5. The minimum Gasteiger partial charge on any atom is -0.384 e. The van der Waals surface area contributed by atoms with Crippen molar-refractivity contribution in [3.63, 3.8) is 0 Å². The van der Waals surface area contributed by atoms with E-state index in [9.17, 15) is 0 Å². The van der Waals surface area contributed by atoms with E-state index < -0.39 is 0 Å². The van der Waals surface area contributed by atoms with Crippen LogP contribution in [0.2, 0.25) is 0 Å². The van der Waals surface area contributed by atoms with Gasteiger partial charge in [0, 0.05) is 19.7 Å². The smallest absolute Gasteiger partial charge is 0.0503 e. The maximum absolute atomic E-state index is 5.11. The van der Waals surface area contributed by atoms with Gasteiger partial charge in [-0.15, -0.1) is 0 Å². The van der Waals surface area contributed by atoms with Gasteiger partial charge in [-0.05, 0) is 18.3 Å². The molecule has 0 spiro atoms. The highest BCUT2D eigenvalue weighted by molar-refractivity contribution is 4.83. The van der Waals surface area contributed by atoms with Crippen LogP contribution in [0.5, 0.6) is 0 Å². The van der Waals surface area contributed by atoms with Gasteiger partial charge in [0.05, 0.1) is 6.61 Å². The fourth-order valence-corrected chi connectivity index (χ4v) is 1.71. The summed E-state index contributed by atoms with van der Waals surface area (Å²) in [5.74, 6) is 1.50. The van der Waals surface area contributed by atoms with Crippen LogP contribution in [0.15, 0.2) is 0 Å². The van der Waals surface area contributed by atoms with Crippen molar-refractivity contribution in [2.75, 3.05) is 20.3 Å². The monoisotopic (exact) mass is 157 g/mol. The first kappa shape index (κ1) is 9.01. The van der Waals surface area contributed by atoms with E-state index in [4.69, 9.17) is 4.74 Å². The Morgan fingerprint density at radius 1 is 1.55 bits per heavy atom. The van der Waals surface area contributed by atoms with E-state index in [1.54, 1.807) is 7.11 Å². The third-order valence-electron chi connectivity index (χ3n) is 2.46. The summed E-state index contributed by atoms with van der Waals surface area (Å²) in [4.78, 5) is 0. The molecule has 1 fully saturated rings. The lowest BCUT2D eigenvalue weighted by molar-refractivity contribution is 0.158. The van der Waals surface area contributed by atoms with Crippen molar-refractivity contribution in [3.05, 3.63) is 0 Å². The average Bonchev–Trinajstić information content (AvgIpc) is 2.37. The Labute approximate surface area is 69.3 Å². The zero-order valence-electron chi connectivity index (χ0n) is 7.76. The van der Waals surface area contributed by atoms with Crippen molar-refractivity contribution in [2.24, 2.45) is 11.8 Å². The quantitative estimate of drug-likeness (QED) is 0.666. The van der Waals surface area contributed by atoms with Crippen molar-refractivity contribution in [2.45, 2.75) is 26.3 Å². The molecule has 1 aliphatic heterocycles. The van der Waals surface area contributed by atoms with Gasteiger partial charge in [0.1, 0.15) is 0 Å². The van der Waals surface area contributed by atoms with Crippen LogP contribution in [0.3, 0.4) is 0 Å². The molecule has 0 amide bonds. The van der Waals surface area contributed by atoms with Gasteiger partial charge in [-0.1, -0.05) is 13.8 Å². The van der Waals surface area contributed by atoms with Gasteiger partial charge in [-0.2, -0.15) is 0 Å². The molecule has 2 heteroatoms. The minimum atomic E-state index is 0.718. The fraction of sp³-hybridized carbons (Fsp3) is 1.00. The van der Waals surface area contributed by atoms with Gasteiger partial charge in [0.25, 0.3) is 0 Å². The third-order valence-corrected chi connectivity index (χ3v) is 2.46. The molecule has 2 atom stereocenters. The maximum Gasteiger partial charge on any atom is 0.0503 e. The Kier molecular flexibility index (Phi) is 3.34. The molecule has 11 heavy (non-hydrogen) atoms. The van der Waals surface area contributed by atoms with Gasteiger partial charge in [-0.3, -0.25) is 0 Å². The summed E-state index contributed by atoms with van der Waals surface area (Å²) >= 11 is 0. The van der Waals surface area contributed by atoms with E-state index in [1.807, 2.05) is 0 Å². The van der Waals surface area contributed by atoms with Crippen LogP contribution in [0.4, 0.5) is 0 Å². The van der Waals surface area contributed by atoms with E-state index in [0.29, 0.717) is 0 Å². The molecular formula is C9H19NO. The molecule has 0 bridgehead atoms. The lowest BCUT2D eigenvalue weighted by Crippen LogP contribution is -2.26. The van der Waals surface area contributed by atoms with Crippen molar-refractivity contribution in [1.29, 1.82) is 0 Å². The summed E-state index contributed by atoms with van der Waals surface area (Å²) in [5.41, 5.74) is 0. The van der Waals surface area contributed by atoms with Gasteiger partial charge >= 0.3 is 0 Å². The topological polar surface area (TPSA) is 21.3 Å². The Hall–Kier alpha value is -0.0800. The molecule has 0 aliphatic carbocycles. The van der Waals surface area contributed by atoms with E-state index in [-0.39, 0.29) is 0 Å². The lowest BCUT2D eigenvalue weighted by atomic mass is 9.98. The molecule has 66 valence electrons. The summed E-state index contributed by atoms with van der Waals surface area (Å²) in [6, 6.07) is 0.718. The molecule has 1 rings (SSSR count). The third kappa shape index (κ3) is 2.46. The first-order chi connectivity index (χ1) is 5.24. The zero-order valence-corrected chi connectivity index (χ0v) is 7.76. The van der Waals surface area contributed by atoms with Gasteiger partial charge < -0.3 is 10.1 Å². The first-order valence-corrected chi connectivity index (χ1v) is 4.46. The molecule has 1 aliphatic rings. The normalized spacial score (nSPS) is 31.6. The van der Waals surface area contributed by atoms with Gasteiger partial charge in [-0.25, -0.2) is 0 Å². The summed E-state index contributed by atoms with van der Waals surface area (Å²) in [6.07, 6.45) is 1.28. The summed E-state index contributed by atoms with van der Waals surface area (Å²) in [5, 5.41) is 3.51. The maximum atomic E-state index is 5.11. The van der Waals surface area contributed by atoms with E-state index >= 15 is 0 Å². The zero-order chi connectivity index (χ0) is 8.27. The molecule has 2 nitrogen and oxygen atoms in total. The first-order valence-electron chi connectivity index (χ1n) is 4.46. The number of ether oxygens (including phenoxy) is 1.